The van der Waals surface area contributed by atoms with E-state index in [4.69, 9.17) is 16.3 Å². The normalized spacial score (nSPS) is 10.1. The second-order valence-corrected chi connectivity index (χ2v) is 4.19. The number of nitrogens with zero attached hydrogens (tertiary/aromatic N) is 1. The van der Waals surface area contributed by atoms with E-state index >= 15 is 0 Å². The Bertz CT molecular complexity index is 403. The smallest absolute Gasteiger partial charge is 0.305 e. The van der Waals surface area contributed by atoms with Crippen molar-refractivity contribution in [3.05, 3.63) is 29.0 Å². The summed E-state index contributed by atoms with van der Waals surface area (Å²) >= 11 is 5.63. The molecule has 1 heterocycles. The number of halogens is 1. The maximum absolute atomic E-state index is 11.7. The van der Waals surface area contributed by atoms with E-state index in [9.17, 15) is 9.59 Å². The number of hydrogen-bond donors (Lipinski definition) is 0. The van der Waals surface area contributed by atoms with Crippen molar-refractivity contribution >= 4 is 23.4 Å². The van der Waals surface area contributed by atoms with Crippen molar-refractivity contribution in [2.75, 3.05) is 6.61 Å². The Balaban J connectivity index is 2.25. The average molecular weight is 270 g/mol. The maximum atomic E-state index is 11.7. The Kier molecular flexibility index (Phi) is 6.36. The molecule has 0 fully saturated rings. The first-order chi connectivity index (χ1) is 8.63. The highest BCUT2D eigenvalue weighted by Gasteiger charge is 2.07. The van der Waals surface area contributed by atoms with Gasteiger partial charge in [0.2, 0.25) is 0 Å². The highest BCUT2D eigenvalue weighted by Crippen LogP contribution is 2.10. The van der Waals surface area contributed by atoms with Crippen molar-refractivity contribution in [1.29, 1.82) is 0 Å². The maximum Gasteiger partial charge on any atom is 0.305 e. The third-order valence-corrected chi connectivity index (χ3v) is 2.61. The van der Waals surface area contributed by atoms with Crippen LogP contribution in [0.2, 0.25) is 5.15 Å². The molecule has 0 bridgehead atoms. The third kappa shape index (κ3) is 5.27. The lowest BCUT2D eigenvalue weighted by Crippen LogP contribution is -2.04. The molecule has 1 aromatic rings. The summed E-state index contributed by atoms with van der Waals surface area (Å²) in [4.78, 5) is 26.6. The van der Waals surface area contributed by atoms with Gasteiger partial charge in [-0.1, -0.05) is 11.6 Å². The van der Waals surface area contributed by atoms with E-state index < -0.39 is 0 Å². The van der Waals surface area contributed by atoms with Crippen LogP contribution in [0.25, 0.3) is 0 Å². The second-order valence-electron chi connectivity index (χ2n) is 3.80. The van der Waals surface area contributed by atoms with E-state index in [0.717, 1.165) is 0 Å². The molecule has 0 amide bonds. The van der Waals surface area contributed by atoms with E-state index in [1.165, 1.54) is 6.20 Å². The number of pyridine rings is 1. The van der Waals surface area contributed by atoms with Gasteiger partial charge in [0.25, 0.3) is 0 Å². The summed E-state index contributed by atoms with van der Waals surface area (Å²) in [5, 5.41) is 0.369. The summed E-state index contributed by atoms with van der Waals surface area (Å²) in [6.07, 6.45) is 3.56. The number of rotatable bonds is 7. The molecule has 0 N–H and O–H groups in total. The fourth-order valence-electron chi connectivity index (χ4n) is 1.47. The number of unbranched alkanes of at least 4 members (excludes halogenated alkanes) is 1. The minimum atomic E-state index is -0.210. The van der Waals surface area contributed by atoms with Crippen LogP contribution >= 0.6 is 11.6 Å². The monoisotopic (exact) mass is 269 g/mol. The van der Waals surface area contributed by atoms with Gasteiger partial charge in [-0.05, 0) is 31.9 Å². The Hall–Kier alpha value is -1.42. The predicted molar refractivity (Wildman–Crippen MR) is 68.7 cm³/mol. The molecular formula is C13H16ClNO3. The molecule has 98 valence electrons. The number of ketones is 1. The molecule has 18 heavy (non-hydrogen) atoms. The Morgan fingerprint density at radius 1 is 1.28 bits per heavy atom. The van der Waals surface area contributed by atoms with Crippen LogP contribution in [0.15, 0.2) is 18.3 Å². The molecule has 0 saturated heterocycles. The summed E-state index contributed by atoms with van der Waals surface area (Å²) in [5.74, 6) is -0.193. The van der Waals surface area contributed by atoms with Crippen LogP contribution in [0.4, 0.5) is 0 Å². The lowest BCUT2D eigenvalue weighted by molar-refractivity contribution is -0.143. The largest absolute Gasteiger partial charge is 0.466 e. The van der Waals surface area contributed by atoms with Gasteiger partial charge in [-0.15, -0.1) is 0 Å². The quantitative estimate of drug-likeness (QED) is 0.330. The number of aromatic nitrogens is 1. The van der Waals surface area contributed by atoms with Crippen molar-refractivity contribution in [2.24, 2.45) is 0 Å². The van der Waals surface area contributed by atoms with Gasteiger partial charge in [0.15, 0.2) is 5.78 Å². The zero-order valence-electron chi connectivity index (χ0n) is 10.3. The summed E-state index contributed by atoms with van der Waals surface area (Å²) in [5.41, 5.74) is 0.551. The molecule has 0 aromatic carbocycles. The van der Waals surface area contributed by atoms with Gasteiger partial charge >= 0.3 is 5.97 Å². The Labute approximate surface area is 111 Å². The first-order valence-corrected chi connectivity index (χ1v) is 6.31. The van der Waals surface area contributed by atoms with Gasteiger partial charge in [-0.3, -0.25) is 9.59 Å². The van der Waals surface area contributed by atoms with E-state index in [2.05, 4.69) is 4.98 Å². The van der Waals surface area contributed by atoms with Crippen LogP contribution in [0.5, 0.6) is 0 Å². The zero-order valence-corrected chi connectivity index (χ0v) is 11.1. The average Bonchev–Trinajstić information content (AvgIpc) is 2.35. The highest BCUT2D eigenvalue weighted by molar-refractivity contribution is 6.29. The molecular weight excluding hydrogens is 254 g/mol. The molecule has 5 heteroatoms. The molecule has 0 aliphatic rings. The predicted octanol–water partition coefficient (Wildman–Crippen LogP) is 3.04. The fourth-order valence-corrected chi connectivity index (χ4v) is 1.58. The molecule has 1 rings (SSSR count). The molecule has 0 aliphatic heterocycles. The summed E-state index contributed by atoms with van der Waals surface area (Å²) in [7, 11) is 0. The second kappa shape index (κ2) is 7.82. The van der Waals surface area contributed by atoms with E-state index in [0.29, 0.717) is 43.0 Å². The third-order valence-electron chi connectivity index (χ3n) is 2.39. The van der Waals surface area contributed by atoms with Crippen LogP contribution in [0.1, 0.15) is 43.0 Å². The number of carbonyl (C=O) groups excluding carboxylic acids is 2. The molecule has 0 spiro atoms. The van der Waals surface area contributed by atoms with Gasteiger partial charge < -0.3 is 4.74 Å². The van der Waals surface area contributed by atoms with Gasteiger partial charge in [0, 0.05) is 24.6 Å². The van der Waals surface area contributed by atoms with Crippen molar-refractivity contribution in [3.8, 4) is 0 Å². The zero-order chi connectivity index (χ0) is 13.4. The van der Waals surface area contributed by atoms with Crippen LogP contribution in [-0.2, 0) is 9.53 Å². The first kappa shape index (κ1) is 14.6. The van der Waals surface area contributed by atoms with Crippen molar-refractivity contribution in [2.45, 2.75) is 32.6 Å². The lowest BCUT2D eigenvalue weighted by Gasteiger charge is -2.02. The topological polar surface area (TPSA) is 56.3 Å². The first-order valence-electron chi connectivity index (χ1n) is 5.94. The summed E-state index contributed by atoms with van der Waals surface area (Å²) in [6, 6.07) is 3.25. The minimum absolute atomic E-state index is 0.0167. The van der Waals surface area contributed by atoms with Crippen molar-refractivity contribution in [3.63, 3.8) is 0 Å². The van der Waals surface area contributed by atoms with E-state index in [1.54, 1.807) is 19.1 Å². The van der Waals surface area contributed by atoms with Crippen LogP contribution in [0, 0.1) is 0 Å². The molecule has 0 unspecified atom stereocenters. The van der Waals surface area contributed by atoms with Crippen LogP contribution < -0.4 is 0 Å². The van der Waals surface area contributed by atoms with Gasteiger partial charge in [-0.2, -0.15) is 0 Å². The van der Waals surface area contributed by atoms with Gasteiger partial charge in [-0.25, -0.2) is 4.98 Å². The lowest BCUT2D eigenvalue weighted by atomic mass is 10.1. The van der Waals surface area contributed by atoms with Crippen LogP contribution in [-0.4, -0.2) is 23.3 Å². The van der Waals surface area contributed by atoms with Crippen LogP contribution in [0.3, 0.4) is 0 Å². The van der Waals surface area contributed by atoms with E-state index in [-0.39, 0.29) is 11.8 Å². The molecule has 1 aromatic heterocycles. The van der Waals surface area contributed by atoms with E-state index in [1.807, 2.05) is 0 Å². The fraction of sp³-hybridized carbons (Fsp3) is 0.462. The molecule has 0 atom stereocenters. The molecule has 0 aliphatic carbocycles. The molecule has 0 radical (unpaired) electrons. The number of esters is 1. The number of ether oxygens (including phenoxy) is 1. The van der Waals surface area contributed by atoms with Crippen molar-refractivity contribution in [1.82, 2.24) is 4.98 Å². The van der Waals surface area contributed by atoms with Gasteiger partial charge in [0.1, 0.15) is 5.15 Å². The highest BCUT2D eigenvalue weighted by atomic mass is 35.5. The molecule has 4 nitrogen and oxygen atoms in total. The van der Waals surface area contributed by atoms with Crippen molar-refractivity contribution < 1.29 is 14.3 Å². The number of Topliss-reactive ketones (excluding diaryl/α,β-unsaturated/α-hetero) is 1. The Morgan fingerprint density at radius 3 is 2.61 bits per heavy atom. The SMILES string of the molecule is CCOC(=O)CCCCC(=O)c1ccc(Cl)nc1. The Morgan fingerprint density at radius 2 is 2.00 bits per heavy atom. The summed E-state index contributed by atoms with van der Waals surface area (Å²) in [6.45, 7) is 2.17. The standard InChI is InChI=1S/C13H16ClNO3/c1-2-18-13(17)6-4-3-5-11(16)10-7-8-12(14)15-9-10/h7-9H,2-6H2,1H3. The molecule has 0 saturated carbocycles. The van der Waals surface area contributed by atoms with Gasteiger partial charge in [0.05, 0.1) is 6.61 Å². The number of hydrogen-bond acceptors (Lipinski definition) is 4. The summed E-state index contributed by atoms with van der Waals surface area (Å²) < 4.78 is 4.80. The minimum Gasteiger partial charge on any atom is -0.466 e. The number of carbonyl (C=O) groups is 2.